The summed E-state index contributed by atoms with van der Waals surface area (Å²) in [7, 11) is 1.62. The summed E-state index contributed by atoms with van der Waals surface area (Å²) in [5, 5.41) is 15.1. The molecule has 0 aliphatic heterocycles. The van der Waals surface area contributed by atoms with Gasteiger partial charge in [-0.2, -0.15) is 5.26 Å². The second-order valence-electron chi connectivity index (χ2n) is 4.31. The first kappa shape index (κ1) is 16.3. The fourth-order valence-electron chi connectivity index (χ4n) is 1.59. The smallest absolute Gasteiger partial charge is 0.242 e. The van der Waals surface area contributed by atoms with Gasteiger partial charge in [-0.05, 0) is 31.5 Å². The van der Waals surface area contributed by atoms with Gasteiger partial charge in [-0.25, -0.2) is 0 Å². The lowest BCUT2D eigenvalue weighted by Gasteiger charge is -2.16. The zero-order valence-electron chi connectivity index (χ0n) is 11.6. The molecule has 1 aromatic carbocycles. The van der Waals surface area contributed by atoms with E-state index in [0.717, 1.165) is 6.42 Å². The number of carbonyl (C=O) groups is 1. The van der Waals surface area contributed by atoms with Crippen LogP contribution >= 0.6 is 11.6 Å². The Morgan fingerprint density at radius 2 is 2.30 bits per heavy atom. The highest BCUT2D eigenvalue weighted by Gasteiger charge is 2.13. The first-order valence-corrected chi connectivity index (χ1v) is 6.69. The van der Waals surface area contributed by atoms with Crippen molar-refractivity contribution in [3.8, 4) is 6.07 Å². The summed E-state index contributed by atoms with van der Waals surface area (Å²) in [4.78, 5) is 11.9. The van der Waals surface area contributed by atoms with Crippen LogP contribution in [0.4, 0.5) is 5.69 Å². The fourth-order valence-corrected chi connectivity index (χ4v) is 1.76. The van der Waals surface area contributed by atoms with Gasteiger partial charge in [-0.3, -0.25) is 4.79 Å². The van der Waals surface area contributed by atoms with Gasteiger partial charge in [0, 0.05) is 20.3 Å². The van der Waals surface area contributed by atoms with Crippen LogP contribution in [-0.4, -0.2) is 32.2 Å². The van der Waals surface area contributed by atoms with Crippen LogP contribution in [0.3, 0.4) is 0 Å². The van der Waals surface area contributed by atoms with Crippen LogP contribution in [0, 0.1) is 11.3 Å². The molecule has 0 fully saturated rings. The molecule has 0 saturated heterocycles. The Morgan fingerprint density at radius 3 is 2.95 bits per heavy atom. The monoisotopic (exact) mass is 295 g/mol. The second-order valence-corrected chi connectivity index (χ2v) is 4.72. The van der Waals surface area contributed by atoms with Gasteiger partial charge >= 0.3 is 0 Å². The number of benzene rings is 1. The number of hydrogen-bond donors (Lipinski definition) is 2. The van der Waals surface area contributed by atoms with Crippen LogP contribution in [0.2, 0.25) is 5.02 Å². The van der Waals surface area contributed by atoms with Crippen molar-refractivity contribution in [1.82, 2.24) is 5.32 Å². The maximum absolute atomic E-state index is 11.9. The number of hydrogen-bond acceptors (Lipinski definition) is 4. The predicted octanol–water partition coefficient (Wildman–Crippen LogP) is 2.16. The van der Waals surface area contributed by atoms with Crippen molar-refractivity contribution < 1.29 is 9.53 Å². The minimum absolute atomic E-state index is 0.125. The maximum Gasteiger partial charge on any atom is 0.242 e. The number of nitriles is 1. The molecule has 0 aliphatic carbocycles. The molecule has 0 heterocycles. The van der Waals surface area contributed by atoms with Crippen LogP contribution in [0.1, 0.15) is 18.9 Å². The molecule has 1 unspecified atom stereocenters. The largest absolute Gasteiger partial charge is 0.385 e. The molecule has 108 valence electrons. The third kappa shape index (κ3) is 5.08. The van der Waals surface area contributed by atoms with Gasteiger partial charge in [0.1, 0.15) is 6.04 Å². The number of carbonyl (C=O) groups excluding carboxylic acids is 1. The minimum Gasteiger partial charge on any atom is -0.385 e. The normalized spacial score (nSPS) is 11.5. The summed E-state index contributed by atoms with van der Waals surface area (Å²) in [5.41, 5.74) is 1.06. The number of methoxy groups -OCH3 is 1. The molecule has 0 spiro atoms. The molecule has 2 N–H and O–H groups in total. The summed E-state index contributed by atoms with van der Waals surface area (Å²) >= 11 is 6.03. The van der Waals surface area contributed by atoms with Crippen LogP contribution in [0.25, 0.3) is 0 Å². The summed E-state index contributed by atoms with van der Waals surface area (Å²) in [5.74, 6) is -0.125. The molecule has 20 heavy (non-hydrogen) atoms. The average molecular weight is 296 g/mol. The van der Waals surface area contributed by atoms with Crippen molar-refractivity contribution in [2.24, 2.45) is 0 Å². The molecule has 0 saturated carbocycles. The number of rotatable bonds is 7. The van der Waals surface area contributed by atoms with Gasteiger partial charge in [0.15, 0.2) is 0 Å². The summed E-state index contributed by atoms with van der Waals surface area (Å²) < 4.78 is 4.91. The van der Waals surface area contributed by atoms with Gasteiger partial charge in [0.2, 0.25) is 5.91 Å². The molecule has 1 rings (SSSR count). The van der Waals surface area contributed by atoms with E-state index in [0.29, 0.717) is 29.4 Å². The van der Waals surface area contributed by atoms with E-state index in [1.807, 2.05) is 6.07 Å². The number of nitrogens with zero attached hydrogens (tertiary/aromatic N) is 1. The van der Waals surface area contributed by atoms with Gasteiger partial charge in [0.25, 0.3) is 0 Å². The maximum atomic E-state index is 11.9. The van der Waals surface area contributed by atoms with Crippen molar-refractivity contribution in [3.63, 3.8) is 0 Å². The van der Waals surface area contributed by atoms with Crippen LogP contribution in [0.5, 0.6) is 0 Å². The van der Waals surface area contributed by atoms with E-state index in [4.69, 9.17) is 21.6 Å². The number of anilines is 1. The third-order valence-corrected chi connectivity index (χ3v) is 3.01. The molecular weight excluding hydrogens is 278 g/mol. The molecule has 0 aromatic heterocycles. The SMILES string of the molecule is COCCCNC(=O)C(C)Nc1cc(C#N)ccc1Cl. The van der Waals surface area contributed by atoms with E-state index in [9.17, 15) is 4.79 Å². The Kier molecular flexibility index (Phi) is 6.85. The molecule has 0 aliphatic rings. The molecule has 1 aromatic rings. The van der Waals surface area contributed by atoms with E-state index in [1.54, 1.807) is 32.2 Å². The van der Waals surface area contributed by atoms with Gasteiger partial charge < -0.3 is 15.4 Å². The van der Waals surface area contributed by atoms with Crippen LogP contribution < -0.4 is 10.6 Å². The summed E-state index contributed by atoms with van der Waals surface area (Å²) in [6, 6.07) is 6.47. The Bertz CT molecular complexity index is 500. The number of halogens is 1. The fraction of sp³-hybridized carbons (Fsp3) is 0.429. The Morgan fingerprint density at radius 1 is 1.55 bits per heavy atom. The van der Waals surface area contributed by atoms with Crippen molar-refractivity contribution in [2.75, 3.05) is 25.6 Å². The average Bonchev–Trinajstić information content (AvgIpc) is 2.45. The minimum atomic E-state index is -0.441. The van der Waals surface area contributed by atoms with Crippen molar-refractivity contribution in [1.29, 1.82) is 5.26 Å². The van der Waals surface area contributed by atoms with Gasteiger partial charge in [-0.1, -0.05) is 11.6 Å². The molecule has 1 atom stereocenters. The molecule has 5 nitrogen and oxygen atoms in total. The summed E-state index contributed by atoms with van der Waals surface area (Å²) in [6.45, 7) is 2.91. The number of nitrogens with one attached hydrogen (secondary N) is 2. The van der Waals surface area contributed by atoms with E-state index >= 15 is 0 Å². The topological polar surface area (TPSA) is 74.2 Å². The molecule has 1 amide bonds. The van der Waals surface area contributed by atoms with E-state index in [1.165, 1.54) is 0 Å². The Labute approximate surface area is 123 Å². The van der Waals surface area contributed by atoms with E-state index < -0.39 is 6.04 Å². The van der Waals surface area contributed by atoms with Crippen molar-refractivity contribution >= 4 is 23.2 Å². The van der Waals surface area contributed by atoms with Crippen LogP contribution in [0.15, 0.2) is 18.2 Å². The standard InChI is InChI=1S/C14H18ClN3O2/c1-10(14(19)17-6-3-7-20-2)18-13-8-11(9-16)4-5-12(13)15/h4-5,8,10,18H,3,6-7H2,1-2H3,(H,17,19). The molecule has 6 heteroatoms. The highest BCUT2D eigenvalue weighted by atomic mass is 35.5. The third-order valence-electron chi connectivity index (χ3n) is 2.69. The zero-order chi connectivity index (χ0) is 15.0. The first-order chi connectivity index (χ1) is 9.58. The zero-order valence-corrected chi connectivity index (χ0v) is 12.3. The molecular formula is C14H18ClN3O2. The van der Waals surface area contributed by atoms with E-state index in [2.05, 4.69) is 10.6 Å². The highest BCUT2D eigenvalue weighted by molar-refractivity contribution is 6.33. The van der Waals surface area contributed by atoms with E-state index in [-0.39, 0.29) is 5.91 Å². The van der Waals surface area contributed by atoms with Gasteiger partial charge in [-0.15, -0.1) is 0 Å². The first-order valence-electron chi connectivity index (χ1n) is 6.31. The lowest BCUT2D eigenvalue weighted by molar-refractivity contribution is -0.121. The number of amides is 1. The number of ether oxygens (including phenoxy) is 1. The predicted molar refractivity (Wildman–Crippen MR) is 78.8 cm³/mol. The second kappa shape index (κ2) is 8.41. The van der Waals surface area contributed by atoms with Gasteiger partial charge in [0.05, 0.1) is 22.3 Å². The summed E-state index contributed by atoms with van der Waals surface area (Å²) in [6.07, 6.45) is 0.764. The quantitative estimate of drug-likeness (QED) is 0.756. The van der Waals surface area contributed by atoms with Crippen LogP contribution in [-0.2, 0) is 9.53 Å². The van der Waals surface area contributed by atoms with Crippen molar-refractivity contribution in [2.45, 2.75) is 19.4 Å². The lowest BCUT2D eigenvalue weighted by atomic mass is 10.2. The van der Waals surface area contributed by atoms with Crippen molar-refractivity contribution in [3.05, 3.63) is 28.8 Å². The molecule has 0 radical (unpaired) electrons. The molecule has 0 bridgehead atoms. The lowest BCUT2D eigenvalue weighted by Crippen LogP contribution is -2.38. The Balaban J connectivity index is 2.55. The highest BCUT2D eigenvalue weighted by Crippen LogP contribution is 2.23. The Hall–Kier alpha value is -1.77.